The van der Waals surface area contributed by atoms with E-state index in [0.29, 0.717) is 12.5 Å². The third-order valence-electron chi connectivity index (χ3n) is 8.50. The molecule has 2 aromatic rings. The fourth-order valence-electron chi connectivity index (χ4n) is 6.22. The molecule has 2 saturated carbocycles. The Balaban J connectivity index is 1.40. The van der Waals surface area contributed by atoms with Crippen molar-refractivity contribution in [2.45, 2.75) is 62.6 Å². The van der Waals surface area contributed by atoms with Crippen LogP contribution in [0.4, 0.5) is 4.79 Å². The molecule has 1 saturated heterocycles. The van der Waals surface area contributed by atoms with Crippen molar-refractivity contribution >= 4 is 6.03 Å². The van der Waals surface area contributed by atoms with E-state index in [1.54, 1.807) is 6.20 Å². The fraction of sp³-hybridized carbons (Fsp3) is 0.556. The summed E-state index contributed by atoms with van der Waals surface area (Å²) >= 11 is 0. The highest BCUT2D eigenvalue weighted by molar-refractivity contribution is 5.78. The summed E-state index contributed by atoms with van der Waals surface area (Å²) in [5, 5.41) is 0. The molecule has 2 amide bonds. The van der Waals surface area contributed by atoms with Crippen LogP contribution in [0.2, 0.25) is 0 Å². The number of urea groups is 1. The number of amides is 2. The molecular weight excluding hydrogens is 396 g/mol. The molecule has 5 rings (SSSR count). The Morgan fingerprint density at radius 1 is 1.03 bits per heavy atom. The van der Waals surface area contributed by atoms with E-state index in [4.69, 9.17) is 0 Å². The lowest BCUT2D eigenvalue weighted by Crippen LogP contribution is -2.56. The van der Waals surface area contributed by atoms with Crippen LogP contribution in [-0.4, -0.2) is 58.4 Å². The van der Waals surface area contributed by atoms with E-state index in [0.717, 1.165) is 44.3 Å². The van der Waals surface area contributed by atoms with Crippen LogP contribution < -0.4 is 0 Å². The lowest BCUT2D eigenvalue weighted by Gasteiger charge is -2.51. The summed E-state index contributed by atoms with van der Waals surface area (Å²) in [5.41, 5.74) is 2.53. The van der Waals surface area contributed by atoms with E-state index in [2.05, 4.69) is 70.2 Å². The summed E-state index contributed by atoms with van der Waals surface area (Å²) in [6.45, 7) is 2.43. The highest BCUT2D eigenvalue weighted by Gasteiger charge is 2.54. The van der Waals surface area contributed by atoms with Gasteiger partial charge in [0.2, 0.25) is 0 Å². The molecule has 1 spiro atoms. The molecule has 0 N–H and O–H groups in total. The fourth-order valence-corrected chi connectivity index (χ4v) is 6.22. The maximum Gasteiger partial charge on any atom is 0.320 e. The largest absolute Gasteiger partial charge is 0.320 e. The molecule has 0 unspecified atom stereocenters. The molecule has 2 aliphatic carbocycles. The minimum absolute atomic E-state index is 0.0385. The van der Waals surface area contributed by atoms with Crippen molar-refractivity contribution in [3.05, 3.63) is 66.0 Å². The molecule has 170 valence electrons. The first-order valence-corrected chi connectivity index (χ1v) is 12.2. The van der Waals surface area contributed by atoms with Crippen LogP contribution in [0.3, 0.4) is 0 Å². The van der Waals surface area contributed by atoms with Crippen LogP contribution >= 0.6 is 0 Å². The first kappa shape index (κ1) is 21.4. The van der Waals surface area contributed by atoms with Gasteiger partial charge in [-0.2, -0.15) is 0 Å². The van der Waals surface area contributed by atoms with Gasteiger partial charge in [-0.15, -0.1) is 0 Å². The molecule has 2 heterocycles. The molecule has 0 radical (unpaired) electrons. The zero-order valence-electron chi connectivity index (χ0n) is 19.5. The number of carbonyl (C=O) groups is 1. The number of hydrogen-bond donors (Lipinski definition) is 0. The van der Waals surface area contributed by atoms with Gasteiger partial charge in [-0.05, 0) is 75.7 Å². The lowest BCUT2D eigenvalue weighted by atomic mass is 9.68. The van der Waals surface area contributed by atoms with Gasteiger partial charge in [0.05, 0.1) is 5.54 Å². The molecule has 3 aliphatic rings. The van der Waals surface area contributed by atoms with Gasteiger partial charge in [0.15, 0.2) is 0 Å². The van der Waals surface area contributed by atoms with Crippen molar-refractivity contribution in [2.24, 2.45) is 5.92 Å². The Morgan fingerprint density at radius 3 is 2.38 bits per heavy atom. The Bertz CT molecular complexity index is 917. The molecule has 1 aliphatic heterocycles. The SMILES string of the molecule is CN(C)[C@]1(c2ccccc2)CC[C@]2(CC1)CN(Cc1cccnc1)C(=O)N2CC1CCC1. The smallest absolute Gasteiger partial charge is 0.318 e. The monoisotopic (exact) mass is 432 g/mol. The lowest BCUT2D eigenvalue weighted by molar-refractivity contribution is 0.0159. The van der Waals surface area contributed by atoms with E-state index in [9.17, 15) is 4.79 Å². The first-order chi connectivity index (χ1) is 15.5. The van der Waals surface area contributed by atoms with Gasteiger partial charge in [-0.25, -0.2) is 4.79 Å². The number of aromatic nitrogens is 1. The van der Waals surface area contributed by atoms with Gasteiger partial charge in [-0.1, -0.05) is 42.8 Å². The number of nitrogens with zero attached hydrogens (tertiary/aromatic N) is 4. The molecular formula is C27H36N4O. The number of hydrogen-bond acceptors (Lipinski definition) is 3. The summed E-state index contributed by atoms with van der Waals surface area (Å²) < 4.78 is 0. The predicted molar refractivity (Wildman–Crippen MR) is 127 cm³/mol. The average Bonchev–Trinajstić information content (AvgIpc) is 3.03. The van der Waals surface area contributed by atoms with E-state index >= 15 is 0 Å². The molecule has 0 atom stereocenters. The van der Waals surface area contributed by atoms with Crippen LogP contribution in [0.1, 0.15) is 56.1 Å². The van der Waals surface area contributed by atoms with Crippen LogP contribution in [0, 0.1) is 5.92 Å². The summed E-state index contributed by atoms with van der Waals surface area (Å²) in [4.78, 5) is 24.7. The van der Waals surface area contributed by atoms with Gasteiger partial charge in [-0.3, -0.25) is 9.88 Å². The average molecular weight is 433 g/mol. The van der Waals surface area contributed by atoms with E-state index < -0.39 is 0 Å². The normalized spacial score (nSPS) is 28.5. The summed E-state index contributed by atoms with van der Waals surface area (Å²) in [7, 11) is 4.43. The number of carbonyl (C=O) groups excluding carboxylic acids is 1. The minimum Gasteiger partial charge on any atom is -0.318 e. The van der Waals surface area contributed by atoms with Gasteiger partial charge < -0.3 is 9.80 Å². The Kier molecular flexibility index (Phi) is 5.70. The standard InChI is InChI=1S/C27H36N4O/c1-29(2)27(24-11-4-3-5-12-24)15-13-26(14-16-27)21-30(19-23-10-7-17-28-18-23)25(32)31(26)20-22-8-6-9-22/h3-5,7,10-12,17-18,22H,6,8-9,13-16,19-21H2,1-2H3/t26-,27+. The second kappa shape index (κ2) is 8.51. The Hall–Kier alpha value is -2.40. The van der Waals surface area contributed by atoms with Gasteiger partial charge in [0.1, 0.15) is 0 Å². The van der Waals surface area contributed by atoms with E-state index in [1.165, 1.54) is 24.8 Å². The third-order valence-corrected chi connectivity index (χ3v) is 8.50. The van der Waals surface area contributed by atoms with Crippen LogP contribution in [0.15, 0.2) is 54.9 Å². The number of benzene rings is 1. The molecule has 3 fully saturated rings. The third kappa shape index (κ3) is 3.71. The maximum atomic E-state index is 13.6. The van der Waals surface area contributed by atoms with Crippen molar-refractivity contribution in [1.29, 1.82) is 0 Å². The molecule has 32 heavy (non-hydrogen) atoms. The van der Waals surface area contributed by atoms with Crippen LogP contribution in [0.5, 0.6) is 0 Å². The molecule has 1 aromatic heterocycles. The van der Waals surface area contributed by atoms with E-state index in [-0.39, 0.29) is 17.1 Å². The zero-order chi connectivity index (χ0) is 22.2. The Labute approximate surface area is 192 Å². The maximum absolute atomic E-state index is 13.6. The number of pyridine rings is 1. The van der Waals surface area contributed by atoms with Crippen molar-refractivity contribution in [1.82, 2.24) is 19.7 Å². The molecule has 1 aromatic carbocycles. The quantitative estimate of drug-likeness (QED) is 0.652. The second-order valence-corrected chi connectivity index (χ2v) is 10.4. The van der Waals surface area contributed by atoms with Gasteiger partial charge in [0.25, 0.3) is 0 Å². The summed E-state index contributed by atoms with van der Waals surface area (Å²) in [5.74, 6) is 0.684. The van der Waals surface area contributed by atoms with Gasteiger partial charge >= 0.3 is 6.03 Å². The first-order valence-electron chi connectivity index (χ1n) is 12.2. The topological polar surface area (TPSA) is 39.7 Å². The van der Waals surface area contributed by atoms with E-state index in [1.807, 2.05) is 12.3 Å². The summed E-state index contributed by atoms with van der Waals surface area (Å²) in [6, 6.07) is 15.2. The van der Waals surface area contributed by atoms with Crippen molar-refractivity contribution in [3.63, 3.8) is 0 Å². The van der Waals surface area contributed by atoms with Crippen molar-refractivity contribution < 1.29 is 4.79 Å². The predicted octanol–water partition coefficient (Wildman–Crippen LogP) is 4.89. The van der Waals surface area contributed by atoms with Crippen LogP contribution in [0.25, 0.3) is 0 Å². The summed E-state index contributed by atoms with van der Waals surface area (Å²) in [6.07, 6.45) is 11.8. The van der Waals surface area contributed by atoms with Crippen molar-refractivity contribution in [3.8, 4) is 0 Å². The Morgan fingerprint density at radius 2 is 1.78 bits per heavy atom. The molecule has 5 nitrogen and oxygen atoms in total. The number of rotatable bonds is 6. The second-order valence-electron chi connectivity index (χ2n) is 10.4. The molecule has 5 heteroatoms. The van der Waals surface area contributed by atoms with Gasteiger partial charge in [0, 0.05) is 37.6 Å². The molecule has 0 bridgehead atoms. The highest BCUT2D eigenvalue weighted by atomic mass is 16.2. The highest BCUT2D eigenvalue weighted by Crippen LogP contribution is 2.49. The zero-order valence-corrected chi connectivity index (χ0v) is 19.5. The minimum atomic E-state index is -0.0385. The van der Waals surface area contributed by atoms with Crippen LogP contribution in [-0.2, 0) is 12.1 Å². The van der Waals surface area contributed by atoms with Crippen molar-refractivity contribution in [2.75, 3.05) is 27.2 Å².